The minimum absolute atomic E-state index is 0. The third-order valence-electron chi connectivity index (χ3n) is 0. The fourth-order valence-corrected chi connectivity index (χ4v) is 0. The Morgan fingerprint density at radius 1 is 1.60 bits per heavy atom. The van der Waals surface area contributed by atoms with Crippen LogP contribution in [0.1, 0.15) is 6.92 Å². The van der Waals surface area contributed by atoms with Gasteiger partial charge in [-0.1, -0.05) is 0 Å². The summed E-state index contributed by atoms with van der Waals surface area (Å²) in [5, 5.41) is 7.57. The molecule has 1 N–H and O–H groups in total. The first-order chi connectivity index (χ1) is 1.41. The van der Waals surface area contributed by atoms with Gasteiger partial charge in [0.25, 0.3) is 0 Å². The zero-order valence-electron chi connectivity index (χ0n) is 2.83. The van der Waals surface area contributed by atoms with Gasteiger partial charge in [-0.05, 0) is 6.92 Å². The zero-order chi connectivity index (χ0) is 2.71. The number of aliphatic hydroxyl groups is 1. The van der Waals surface area contributed by atoms with Crippen molar-refractivity contribution < 1.29 is 44.5 Å². The van der Waals surface area contributed by atoms with Crippen LogP contribution in [-0.2, 0) is 22.4 Å². The molecule has 0 amide bonds. The van der Waals surface area contributed by atoms with Gasteiger partial charge in [-0.25, -0.2) is 0 Å². The molecule has 0 spiro atoms. The Morgan fingerprint density at radius 2 is 1.60 bits per heavy atom. The van der Waals surface area contributed by atoms with Gasteiger partial charge in [0.2, 0.25) is 0 Å². The van der Waals surface area contributed by atoms with Crippen LogP contribution >= 0.6 is 0 Å². The summed E-state index contributed by atoms with van der Waals surface area (Å²) >= 11 is 0. The van der Waals surface area contributed by atoms with Crippen molar-refractivity contribution >= 4 is 0 Å². The third kappa shape index (κ3) is 37.6. The molecule has 0 aromatic rings. The van der Waals surface area contributed by atoms with E-state index < -0.39 is 0 Å². The van der Waals surface area contributed by atoms with Gasteiger partial charge in [0, 0.05) is 6.61 Å². The third-order valence-corrected chi connectivity index (χ3v) is 0. The van der Waals surface area contributed by atoms with Crippen LogP contribution in [0.25, 0.3) is 0 Å². The van der Waals surface area contributed by atoms with Crippen molar-refractivity contribution in [2.24, 2.45) is 0 Å². The van der Waals surface area contributed by atoms with E-state index in [9.17, 15) is 0 Å². The van der Waals surface area contributed by atoms with Crippen molar-refractivity contribution in [3.05, 3.63) is 0 Å². The summed E-state index contributed by atoms with van der Waals surface area (Å²) in [7, 11) is 0. The quantitative estimate of drug-likeness (QED) is 0.443. The Morgan fingerprint density at radius 3 is 1.60 bits per heavy atom. The average molecular weight is 234 g/mol. The molecule has 0 saturated carbocycles. The summed E-state index contributed by atoms with van der Waals surface area (Å²) in [6.07, 6.45) is 0. The molecule has 38 valence electrons. The Balaban J connectivity index is -0.0000000200. The van der Waals surface area contributed by atoms with Crippen molar-refractivity contribution in [2.75, 3.05) is 6.61 Å². The van der Waals surface area contributed by atoms with Crippen molar-refractivity contribution in [1.29, 1.82) is 0 Å². The molecule has 0 fully saturated rings. The molecule has 0 unspecified atom stereocenters. The fourth-order valence-electron chi connectivity index (χ4n) is 0. The van der Waals surface area contributed by atoms with Crippen LogP contribution in [0.2, 0.25) is 0 Å². The number of hydrogen-bond acceptors (Lipinski definition) is 1. The Bertz CT molecular complexity index is 9.61. The largest absolute Gasteiger partial charge is 1.00 e. The summed E-state index contributed by atoms with van der Waals surface area (Å²) in [4.78, 5) is 0. The molecule has 0 aliphatic rings. The molecule has 0 rings (SSSR count). The van der Waals surface area contributed by atoms with Crippen LogP contribution < -0.4 is 17.0 Å². The first kappa shape index (κ1) is 16.4. The predicted molar refractivity (Wildman–Crippen MR) is 12.8 cm³/mol. The summed E-state index contributed by atoms with van der Waals surface area (Å²) in [5.41, 5.74) is 0. The van der Waals surface area contributed by atoms with E-state index in [1.165, 1.54) is 0 Å². The van der Waals surface area contributed by atoms with Crippen molar-refractivity contribution in [2.45, 2.75) is 6.92 Å². The van der Waals surface area contributed by atoms with Gasteiger partial charge in [0.1, 0.15) is 0 Å². The van der Waals surface area contributed by atoms with Gasteiger partial charge in [-0.2, -0.15) is 0 Å². The van der Waals surface area contributed by atoms with Gasteiger partial charge in [-0.15, -0.1) is 0 Å². The van der Waals surface area contributed by atoms with Crippen LogP contribution in [0.4, 0.5) is 0 Å². The monoisotopic (exact) mass is 232 g/mol. The molecule has 0 aliphatic carbocycles. The van der Waals surface area contributed by atoms with E-state index in [2.05, 4.69) is 0 Å². The molecular weight excluding hydrogens is 228 g/mol. The molecule has 3 heteroatoms. The van der Waals surface area contributed by atoms with E-state index in [0.717, 1.165) is 0 Å². The SMILES string of the molecule is CCO.[Ag+].[Br-]. The van der Waals surface area contributed by atoms with E-state index in [-0.39, 0.29) is 46.0 Å². The van der Waals surface area contributed by atoms with E-state index in [4.69, 9.17) is 5.11 Å². The van der Waals surface area contributed by atoms with E-state index in [1.807, 2.05) is 0 Å². The predicted octanol–water partition coefficient (Wildman–Crippen LogP) is -3.00. The summed E-state index contributed by atoms with van der Waals surface area (Å²) in [5.74, 6) is 0. The fraction of sp³-hybridized carbons (Fsp3) is 1.00. The zero-order valence-corrected chi connectivity index (χ0v) is 5.90. The first-order valence-corrected chi connectivity index (χ1v) is 1.02. The van der Waals surface area contributed by atoms with Gasteiger partial charge in [0.15, 0.2) is 0 Å². The molecule has 0 saturated heterocycles. The molecule has 0 radical (unpaired) electrons. The summed E-state index contributed by atoms with van der Waals surface area (Å²) in [6.45, 7) is 1.93. The van der Waals surface area contributed by atoms with E-state index >= 15 is 0 Å². The Hall–Kier alpha value is 1.18. The number of rotatable bonds is 0. The van der Waals surface area contributed by atoms with Crippen LogP contribution in [0.15, 0.2) is 0 Å². The van der Waals surface area contributed by atoms with E-state index in [0.29, 0.717) is 0 Å². The van der Waals surface area contributed by atoms with Gasteiger partial charge < -0.3 is 22.1 Å². The van der Waals surface area contributed by atoms with Crippen molar-refractivity contribution in [1.82, 2.24) is 0 Å². The van der Waals surface area contributed by atoms with Crippen molar-refractivity contribution in [3.63, 3.8) is 0 Å². The first-order valence-electron chi connectivity index (χ1n) is 1.02. The van der Waals surface area contributed by atoms with Crippen LogP contribution in [0, 0.1) is 0 Å². The topological polar surface area (TPSA) is 20.2 Å². The van der Waals surface area contributed by atoms with Crippen LogP contribution in [0.3, 0.4) is 0 Å². The number of hydrogen-bond donors (Lipinski definition) is 1. The molecule has 0 aliphatic heterocycles. The second-order valence-corrected chi connectivity index (χ2v) is 0.316. The maximum atomic E-state index is 7.57. The minimum atomic E-state index is 0. The Labute approximate surface area is 58.0 Å². The standard InChI is InChI=1S/C2H6O.Ag.BrH/c1-2-3;;/h3H,2H2,1H3;;1H/q;+1;/p-1. The van der Waals surface area contributed by atoms with Crippen LogP contribution in [0.5, 0.6) is 0 Å². The van der Waals surface area contributed by atoms with Gasteiger partial charge in [-0.3, -0.25) is 0 Å². The molecule has 0 heterocycles. The minimum Gasteiger partial charge on any atom is -1.00 e. The van der Waals surface area contributed by atoms with Gasteiger partial charge in [0.05, 0.1) is 0 Å². The number of halogens is 1. The summed E-state index contributed by atoms with van der Waals surface area (Å²) in [6, 6.07) is 0. The van der Waals surface area contributed by atoms with Crippen molar-refractivity contribution in [3.8, 4) is 0 Å². The molecule has 0 aromatic heterocycles. The maximum Gasteiger partial charge on any atom is 1.00 e. The molecule has 5 heavy (non-hydrogen) atoms. The second-order valence-electron chi connectivity index (χ2n) is 0.316. The normalized spacial score (nSPS) is 3.60. The number of aliphatic hydroxyl groups excluding tert-OH is 1. The van der Waals surface area contributed by atoms with E-state index in [1.54, 1.807) is 6.92 Å². The summed E-state index contributed by atoms with van der Waals surface area (Å²) < 4.78 is 0. The Kier molecular flexibility index (Phi) is 62.5. The molecule has 0 bridgehead atoms. The average Bonchev–Trinajstić information content (AvgIpc) is 0.918. The molecular formula is C2H6AgBrO. The van der Waals surface area contributed by atoms with Gasteiger partial charge >= 0.3 is 22.4 Å². The molecule has 1 nitrogen and oxygen atoms in total. The second kappa shape index (κ2) is 19.0. The van der Waals surface area contributed by atoms with Crippen LogP contribution in [-0.4, -0.2) is 11.7 Å². The molecule has 0 aromatic carbocycles. The molecule has 0 atom stereocenters. The maximum absolute atomic E-state index is 7.57. The smallest absolute Gasteiger partial charge is 1.00 e.